The summed E-state index contributed by atoms with van der Waals surface area (Å²) in [5, 5.41) is 9.24. The zero-order valence-electron chi connectivity index (χ0n) is 14.1. The Balaban J connectivity index is 2.97. The Morgan fingerprint density at radius 1 is 0.583 bits per heavy atom. The Hall–Kier alpha value is -0.290. The second kappa shape index (κ2) is 20.8. The number of ether oxygens (including phenoxy) is 6. The highest BCUT2D eigenvalue weighted by Gasteiger charge is 1.96. The van der Waals surface area contributed by atoms with Gasteiger partial charge in [-0.25, -0.2) is 0 Å². The summed E-state index contributed by atoms with van der Waals surface area (Å²) in [6.45, 7) is 5.94. The SMILES string of the molecule is O=C(O)CCOCCOCCOCCOCCOCCOCCBr. The molecule has 1 N–H and O–H groups in total. The van der Waals surface area contributed by atoms with E-state index >= 15 is 0 Å². The number of carbonyl (C=O) groups is 1. The largest absolute Gasteiger partial charge is 0.481 e. The smallest absolute Gasteiger partial charge is 0.305 e. The van der Waals surface area contributed by atoms with Crippen LogP contribution in [-0.2, 0) is 33.2 Å². The van der Waals surface area contributed by atoms with Crippen molar-refractivity contribution in [2.24, 2.45) is 0 Å². The molecular weight excluding hydrogens is 388 g/mol. The Morgan fingerprint density at radius 2 is 0.875 bits per heavy atom. The molecule has 0 amide bonds. The van der Waals surface area contributed by atoms with E-state index in [1.54, 1.807) is 0 Å². The molecule has 0 saturated carbocycles. The number of alkyl halides is 1. The fraction of sp³-hybridized carbons (Fsp3) is 0.933. The van der Waals surface area contributed by atoms with Crippen molar-refractivity contribution in [2.75, 3.05) is 84.6 Å². The van der Waals surface area contributed by atoms with E-state index in [1.807, 2.05) is 0 Å². The first-order chi connectivity index (χ1) is 11.8. The first-order valence-electron chi connectivity index (χ1n) is 8.01. The van der Waals surface area contributed by atoms with Gasteiger partial charge in [0.15, 0.2) is 0 Å². The van der Waals surface area contributed by atoms with Gasteiger partial charge in [0.1, 0.15) is 0 Å². The van der Waals surface area contributed by atoms with Gasteiger partial charge in [0.2, 0.25) is 0 Å². The molecule has 0 aromatic heterocycles. The van der Waals surface area contributed by atoms with Gasteiger partial charge in [0.05, 0.1) is 85.7 Å². The van der Waals surface area contributed by atoms with Crippen LogP contribution in [0.2, 0.25) is 0 Å². The van der Waals surface area contributed by atoms with Crippen LogP contribution in [0, 0.1) is 0 Å². The van der Waals surface area contributed by atoms with E-state index in [4.69, 9.17) is 33.5 Å². The van der Waals surface area contributed by atoms with Crippen molar-refractivity contribution in [3.8, 4) is 0 Å². The molecule has 0 unspecified atom stereocenters. The second-order valence-corrected chi connectivity index (χ2v) is 5.30. The summed E-state index contributed by atoms with van der Waals surface area (Å²) in [5.74, 6) is -0.864. The van der Waals surface area contributed by atoms with Gasteiger partial charge in [-0.15, -0.1) is 0 Å². The summed E-state index contributed by atoms with van der Waals surface area (Å²) in [4.78, 5) is 10.2. The third kappa shape index (κ3) is 21.7. The van der Waals surface area contributed by atoms with Crippen LogP contribution in [0.3, 0.4) is 0 Å². The third-order valence-electron chi connectivity index (χ3n) is 2.54. The maximum atomic E-state index is 10.2. The average molecular weight is 417 g/mol. The molecule has 0 spiro atoms. The lowest BCUT2D eigenvalue weighted by Gasteiger charge is -2.08. The molecule has 0 saturated heterocycles. The van der Waals surface area contributed by atoms with Crippen molar-refractivity contribution in [2.45, 2.75) is 6.42 Å². The molecule has 0 aliphatic rings. The third-order valence-corrected chi connectivity index (χ3v) is 2.87. The maximum Gasteiger partial charge on any atom is 0.305 e. The highest BCUT2D eigenvalue weighted by molar-refractivity contribution is 9.09. The van der Waals surface area contributed by atoms with Gasteiger partial charge in [-0.1, -0.05) is 15.9 Å². The number of hydrogen-bond donors (Lipinski definition) is 1. The Labute approximate surface area is 151 Å². The molecule has 24 heavy (non-hydrogen) atoms. The molecule has 0 aromatic carbocycles. The van der Waals surface area contributed by atoms with Crippen LogP contribution in [-0.4, -0.2) is 95.7 Å². The monoisotopic (exact) mass is 416 g/mol. The van der Waals surface area contributed by atoms with Gasteiger partial charge in [0.25, 0.3) is 0 Å². The number of carboxylic acid groups (broad SMARTS) is 1. The number of hydrogen-bond acceptors (Lipinski definition) is 7. The molecule has 0 heterocycles. The predicted molar refractivity (Wildman–Crippen MR) is 91.0 cm³/mol. The molecule has 8 nitrogen and oxygen atoms in total. The molecule has 0 bridgehead atoms. The zero-order valence-corrected chi connectivity index (χ0v) is 15.7. The van der Waals surface area contributed by atoms with Gasteiger partial charge in [0, 0.05) is 5.33 Å². The molecule has 9 heteroatoms. The van der Waals surface area contributed by atoms with Gasteiger partial charge in [-0.05, 0) is 0 Å². The second-order valence-electron chi connectivity index (χ2n) is 4.51. The van der Waals surface area contributed by atoms with Crippen LogP contribution in [0.5, 0.6) is 0 Å². The number of halogens is 1. The normalized spacial score (nSPS) is 11.0. The van der Waals surface area contributed by atoms with Crippen molar-refractivity contribution in [3.05, 3.63) is 0 Å². The van der Waals surface area contributed by atoms with E-state index < -0.39 is 5.97 Å². The maximum absolute atomic E-state index is 10.2. The molecule has 144 valence electrons. The fourth-order valence-corrected chi connectivity index (χ4v) is 1.64. The van der Waals surface area contributed by atoms with Crippen molar-refractivity contribution in [1.29, 1.82) is 0 Å². The first-order valence-corrected chi connectivity index (χ1v) is 9.13. The molecular formula is C15H29BrO8. The predicted octanol–water partition coefficient (Wildman–Crippen LogP) is 0.956. The summed E-state index contributed by atoms with van der Waals surface area (Å²) < 4.78 is 31.6. The summed E-state index contributed by atoms with van der Waals surface area (Å²) in [6, 6.07) is 0. The molecule has 0 aliphatic carbocycles. The summed E-state index contributed by atoms with van der Waals surface area (Å²) in [7, 11) is 0. The molecule has 0 atom stereocenters. The van der Waals surface area contributed by atoms with Gasteiger partial charge >= 0.3 is 5.97 Å². The van der Waals surface area contributed by atoms with Gasteiger partial charge in [-0.3, -0.25) is 4.79 Å². The topological polar surface area (TPSA) is 92.7 Å². The van der Waals surface area contributed by atoms with Crippen LogP contribution >= 0.6 is 15.9 Å². The lowest BCUT2D eigenvalue weighted by atomic mass is 10.5. The summed E-state index contributed by atoms with van der Waals surface area (Å²) in [6.07, 6.45) is 0.0130. The van der Waals surface area contributed by atoms with E-state index in [0.717, 1.165) is 5.33 Å². The van der Waals surface area contributed by atoms with E-state index in [1.165, 1.54) is 0 Å². The molecule has 0 radical (unpaired) electrons. The molecule has 0 aliphatic heterocycles. The van der Waals surface area contributed by atoms with Crippen LogP contribution in [0.25, 0.3) is 0 Å². The minimum absolute atomic E-state index is 0.0130. The lowest BCUT2D eigenvalue weighted by Crippen LogP contribution is -2.14. The van der Waals surface area contributed by atoms with Crippen LogP contribution in [0.4, 0.5) is 0 Å². The van der Waals surface area contributed by atoms with Crippen molar-refractivity contribution in [3.63, 3.8) is 0 Å². The number of aliphatic carboxylic acids is 1. The van der Waals surface area contributed by atoms with Gasteiger partial charge in [-0.2, -0.15) is 0 Å². The van der Waals surface area contributed by atoms with E-state index in [-0.39, 0.29) is 13.0 Å². The molecule has 0 rings (SSSR count). The molecule has 0 aromatic rings. The van der Waals surface area contributed by atoms with Crippen molar-refractivity contribution >= 4 is 21.9 Å². The highest BCUT2D eigenvalue weighted by atomic mass is 79.9. The lowest BCUT2D eigenvalue weighted by molar-refractivity contribution is -0.138. The Kier molecular flexibility index (Phi) is 20.5. The number of rotatable bonds is 20. The van der Waals surface area contributed by atoms with Crippen molar-refractivity contribution in [1.82, 2.24) is 0 Å². The Bertz CT molecular complexity index is 268. The van der Waals surface area contributed by atoms with E-state index in [9.17, 15) is 4.79 Å². The minimum atomic E-state index is -0.864. The van der Waals surface area contributed by atoms with Gasteiger partial charge < -0.3 is 33.5 Å². The molecule has 0 fully saturated rings. The summed E-state index contributed by atoms with van der Waals surface area (Å²) in [5.41, 5.74) is 0. The fourth-order valence-electron chi connectivity index (χ4n) is 1.42. The Morgan fingerprint density at radius 3 is 1.17 bits per heavy atom. The van der Waals surface area contributed by atoms with Crippen LogP contribution in [0.15, 0.2) is 0 Å². The van der Waals surface area contributed by atoms with E-state index in [2.05, 4.69) is 15.9 Å². The standard InChI is InChI=1S/C15H29BrO8/c16-2-4-20-6-8-22-10-12-24-14-13-23-11-9-21-7-5-19-3-1-15(17)18/h1-14H2,(H,17,18). The minimum Gasteiger partial charge on any atom is -0.481 e. The van der Waals surface area contributed by atoms with Crippen LogP contribution < -0.4 is 0 Å². The van der Waals surface area contributed by atoms with E-state index in [0.29, 0.717) is 72.7 Å². The first kappa shape index (κ1) is 23.7. The quantitative estimate of drug-likeness (QED) is 0.231. The highest BCUT2D eigenvalue weighted by Crippen LogP contribution is 1.86. The van der Waals surface area contributed by atoms with Crippen molar-refractivity contribution < 1.29 is 38.3 Å². The average Bonchev–Trinajstić information content (AvgIpc) is 2.56. The van der Waals surface area contributed by atoms with Crippen LogP contribution in [0.1, 0.15) is 6.42 Å². The number of carboxylic acids is 1. The summed E-state index contributed by atoms with van der Waals surface area (Å²) >= 11 is 3.28. The zero-order chi connectivity index (χ0) is 17.7.